The molecule has 0 aromatic heterocycles. The molecule has 1 aromatic rings. The first kappa shape index (κ1) is 15.2. The van der Waals surface area contributed by atoms with E-state index in [1.54, 1.807) is 24.3 Å². The van der Waals surface area contributed by atoms with Crippen LogP contribution in [0.2, 0.25) is 0 Å². The maximum atomic E-state index is 10.9. The Hall–Kier alpha value is -1.23. The predicted octanol–water partition coefficient (Wildman–Crippen LogP) is 2.20. The lowest BCUT2D eigenvalue weighted by molar-refractivity contribution is -0.132. The molecule has 1 aromatic carbocycles. The molecular weight excluding hydrogens is 254 g/mol. The van der Waals surface area contributed by atoms with Crippen LogP contribution < -0.4 is 5.73 Å². The number of rotatable bonds is 5. The van der Waals surface area contributed by atoms with Crippen LogP contribution in [0, 0.1) is 5.92 Å². The van der Waals surface area contributed by atoms with Crippen molar-refractivity contribution in [2.45, 2.75) is 43.9 Å². The Labute approximate surface area is 119 Å². The summed E-state index contributed by atoms with van der Waals surface area (Å²) in [4.78, 5) is 10.9. The number of hydrogen-bond donors (Lipinski definition) is 2. The number of aliphatic hydroxyl groups excluding tert-OH is 1. The van der Waals surface area contributed by atoms with Crippen LogP contribution in [0.3, 0.4) is 0 Å². The molecule has 20 heavy (non-hydrogen) atoms. The van der Waals surface area contributed by atoms with Crippen molar-refractivity contribution in [2.75, 3.05) is 7.11 Å². The van der Waals surface area contributed by atoms with Crippen molar-refractivity contribution in [1.82, 2.24) is 0 Å². The van der Waals surface area contributed by atoms with Crippen LogP contribution in [-0.4, -0.2) is 24.6 Å². The van der Waals surface area contributed by atoms with Gasteiger partial charge in [0.25, 0.3) is 0 Å². The van der Waals surface area contributed by atoms with Crippen LogP contribution >= 0.6 is 0 Å². The Morgan fingerprint density at radius 1 is 1.40 bits per heavy atom. The molecule has 0 amide bonds. The molecule has 0 spiro atoms. The van der Waals surface area contributed by atoms with E-state index in [1.165, 1.54) is 13.5 Å². The first-order valence-corrected chi connectivity index (χ1v) is 7.19. The van der Waals surface area contributed by atoms with Gasteiger partial charge in [0.1, 0.15) is 12.4 Å². The van der Waals surface area contributed by atoms with Crippen LogP contribution in [0.25, 0.3) is 0 Å². The second-order valence-electron chi connectivity index (χ2n) is 5.58. The summed E-state index contributed by atoms with van der Waals surface area (Å²) in [7, 11) is 1.50. The lowest BCUT2D eigenvalue weighted by Crippen LogP contribution is -2.53. The molecule has 1 aliphatic carbocycles. The van der Waals surface area contributed by atoms with Crippen molar-refractivity contribution in [2.24, 2.45) is 11.7 Å². The fourth-order valence-corrected chi connectivity index (χ4v) is 3.06. The van der Waals surface area contributed by atoms with Crippen molar-refractivity contribution in [3.63, 3.8) is 0 Å². The van der Waals surface area contributed by atoms with Gasteiger partial charge in [-0.05, 0) is 24.8 Å². The molecule has 2 rings (SSSR count). The van der Waals surface area contributed by atoms with Gasteiger partial charge in [0.2, 0.25) is 0 Å². The normalized spacial score (nSPS) is 21.1. The fourth-order valence-electron chi connectivity index (χ4n) is 3.06. The van der Waals surface area contributed by atoms with Crippen LogP contribution in [0.15, 0.2) is 24.3 Å². The largest absolute Gasteiger partial charge is 0.388 e. The van der Waals surface area contributed by atoms with Gasteiger partial charge in [-0.15, -0.1) is 0 Å². The van der Waals surface area contributed by atoms with Crippen LogP contribution in [0.1, 0.15) is 48.0 Å². The average Bonchev–Trinajstić information content (AvgIpc) is 2.54. The molecule has 3 N–H and O–H groups in total. The van der Waals surface area contributed by atoms with E-state index in [0.717, 1.165) is 32.0 Å². The van der Waals surface area contributed by atoms with Crippen molar-refractivity contribution in [3.05, 3.63) is 35.4 Å². The van der Waals surface area contributed by atoms with Gasteiger partial charge in [0, 0.05) is 18.2 Å². The number of carbonyl (C=O) groups is 1. The SMILES string of the molecule is CO[C@@](N)(c1cccc(C=O)c1)[C@@H](O)C1CCCCC1. The van der Waals surface area contributed by atoms with Crippen LogP contribution in [0.4, 0.5) is 0 Å². The number of benzene rings is 1. The van der Waals surface area contributed by atoms with Gasteiger partial charge in [0.05, 0.1) is 0 Å². The van der Waals surface area contributed by atoms with E-state index in [1.807, 2.05) is 0 Å². The predicted molar refractivity (Wildman–Crippen MR) is 77.3 cm³/mol. The topological polar surface area (TPSA) is 72.5 Å². The number of methoxy groups -OCH3 is 1. The lowest BCUT2D eigenvalue weighted by Gasteiger charge is -2.39. The van der Waals surface area contributed by atoms with E-state index >= 15 is 0 Å². The summed E-state index contributed by atoms with van der Waals surface area (Å²) in [6.07, 6.45) is 5.40. The highest BCUT2D eigenvalue weighted by Gasteiger charge is 2.41. The highest BCUT2D eigenvalue weighted by Crippen LogP contribution is 2.35. The van der Waals surface area contributed by atoms with Gasteiger partial charge >= 0.3 is 0 Å². The monoisotopic (exact) mass is 277 g/mol. The molecule has 0 saturated heterocycles. The van der Waals surface area contributed by atoms with Crippen LogP contribution in [0.5, 0.6) is 0 Å². The Bertz CT molecular complexity index is 457. The Balaban J connectivity index is 2.28. The van der Waals surface area contributed by atoms with Crippen molar-refractivity contribution >= 4 is 6.29 Å². The standard InChI is InChI=1S/C16H23NO3/c1-20-16(17,14-9-5-6-12(10-14)11-18)15(19)13-7-3-2-4-8-13/h5-6,9-11,13,15,19H,2-4,7-8,17H2,1H3/t15-,16-/m0/s1. The molecule has 0 radical (unpaired) electrons. The Morgan fingerprint density at radius 3 is 2.70 bits per heavy atom. The average molecular weight is 277 g/mol. The molecule has 110 valence electrons. The number of ether oxygens (including phenoxy) is 1. The summed E-state index contributed by atoms with van der Waals surface area (Å²) < 4.78 is 5.45. The number of aldehydes is 1. The molecule has 0 aliphatic heterocycles. The van der Waals surface area contributed by atoms with Crippen LogP contribution in [-0.2, 0) is 10.5 Å². The van der Waals surface area contributed by atoms with Gasteiger partial charge < -0.3 is 9.84 Å². The summed E-state index contributed by atoms with van der Waals surface area (Å²) in [6, 6.07) is 6.94. The molecule has 4 nitrogen and oxygen atoms in total. The third-order valence-electron chi connectivity index (χ3n) is 4.35. The molecule has 0 bridgehead atoms. The van der Waals surface area contributed by atoms with E-state index < -0.39 is 11.8 Å². The highest BCUT2D eigenvalue weighted by molar-refractivity contribution is 5.75. The van der Waals surface area contributed by atoms with Gasteiger partial charge in [-0.25, -0.2) is 0 Å². The quantitative estimate of drug-likeness (QED) is 0.639. The second kappa shape index (κ2) is 6.48. The fraction of sp³-hybridized carbons (Fsp3) is 0.562. The van der Waals surface area contributed by atoms with E-state index in [9.17, 15) is 9.90 Å². The summed E-state index contributed by atoms with van der Waals surface area (Å²) >= 11 is 0. The molecule has 0 unspecified atom stereocenters. The third-order valence-corrected chi connectivity index (χ3v) is 4.35. The number of hydrogen-bond acceptors (Lipinski definition) is 4. The van der Waals surface area contributed by atoms with Crippen molar-refractivity contribution in [3.8, 4) is 0 Å². The summed E-state index contributed by atoms with van der Waals surface area (Å²) in [5.41, 5.74) is 6.24. The van der Waals surface area contributed by atoms with Gasteiger partial charge in [0.15, 0.2) is 5.72 Å². The van der Waals surface area contributed by atoms with Crippen molar-refractivity contribution in [1.29, 1.82) is 0 Å². The van der Waals surface area contributed by atoms with Gasteiger partial charge in [-0.2, -0.15) is 0 Å². The molecule has 1 aliphatic rings. The first-order valence-electron chi connectivity index (χ1n) is 7.19. The molecule has 4 heteroatoms. The van der Waals surface area contributed by atoms with E-state index in [-0.39, 0.29) is 5.92 Å². The van der Waals surface area contributed by atoms with E-state index in [2.05, 4.69) is 0 Å². The van der Waals surface area contributed by atoms with E-state index in [0.29, 0.717) is 11.1 Å². The number of carbonyl (C=O) groups excluding carboxylic acids is 1. The molecule has 2 atom stereocenters. The minimum Gasteiger partial charge on any atom is -0.388 e. The third kappa shape index (κ3) is 2.92. The Kier molecular flexibility index (Phi) is 4.91. The van der Waals surface area contributed by atoms with E-state index in [4.69, 9.17) is 10.5 Å². The van der Waals surface area contributed by atoms with Gasteiger partial charge in [-0.3, -0.25) is 10.5 Å². The first-order chi connectivity index (χ1) is 9.61. The zero-order chi connectivity index (χ0) is 14.6. The second-order valence-corrected chi connectivity index (χ2v) is 5.58. The minimum atomic E-state index is -1.26. The highest BCUT2D eigenvalue weighted by atomic mass is 16.5. The molecular formula is C16H23NO3. The van der Waals surface area contributed by atoms with Crippen molar-refractivity contribution < 1.29 is 14.6 Å². The summed E-state index contributed by atoms with van der Waals surface area (Å²) in [5.74, 6) is 0.147. The maximum Gasteiger partial charge on any atom is 0.168 e. The molecule has 0 heterocycles. The molecule has 1 saturated carbocycles. The summed E-state index contributed by atoms with van der Waals surface area (Å²) in [6.45, 7) is 0. The minimum absolute atomic E-state index is 0.147. The lowest BCUT2D eigenvalue weighted by atomic mass is 9.79. The maximum absolute atomic E-state index is 10.9. The number of nitrogens with two attached hydrogens (primary N) is 1. The molecule has 1 fully saturated rings. The summed E-state index contributed by atoms with van der Waals surface area (Å²) in [5, 5.41) is 10.7. The zero-order valence-electron chi connectivity index (χ0n) is 11.9. The van der Waals surface area contributed by atoms with Gasteiger partial charge in [-0.1, -0.05) is 37.5 Å². The number of aliphatic hydroxyl groups is 1. The smallest absolute Gasteiger partial charge is 0.168 e. The Morgan fingerprint density at radius 2 is 2.10 bits per heavy atom. The zero-order valence-corrected chi connectivity index (χ0v) is 11.9.